The van der Waals surface area contributed by atoms with Crippen LogP contribution in [0, 0.1) is 5.92 Å². The van der Waals surface area contributed by atoms with Crippen LogP contribution in [0.15, 0.2) is 24.3 Å². The largest absolute Gasteiger partial charge is 0.394 e. The van der Waals surface area contributed by atoms with Crippen LogP contribution in [0.2, 0.25) is 0 Å². The van der Waals surface area contributed by atoms with Crippen LogP contribution in [0.5, 0.6) is 0 Å². The third-order valence-electron chi connectivity index (χ3n) is 3.52. The Morgan fingerprint density at radius 2 is 1.72 bits per heavy atom. The summed E-state index contributed by atoms with van der Waals surface area (Å²) in [5.74, 6) is 0.701. The van der Waals surface area contributed by atoms with E-state index in [0.29, 0.717) is 5.92 Å². The van der Waals surface area contributed by atoms with Crippen LogP contribution in [0.3, 0.4) is 0 Å². The second-order valence-electron chi connectivity index (χ2n) is 5.84. The molecule has 0 saturated heterocycles. The minimum absolute atomic E-state index is 0.170. The molecule has 0 heterocycles. The lowest BCUT2D eigenvalue weighted by molar-refractivity contribution is 0.169. The Morgan fingerprint density at radius 3 is 2.17 bits per heavy atom. The van der Waals surface area contributed by atoms with Gasteiger partial charge >= 0.3 is 0 Å². The molecule has 2 heteroatoms. The Labute approximate surface area is 111 Å². The fourth-order valence-electron chi connectivity index (χ4n) is 1.87. The smallest absolute Gasteiger partial charge is 0.0610 e. The average Bonchev–Trinajstić information content (AvgIpc) is 2.37. The summed E-state index contributed by atoms with van der Waals surface area (Å²) in [4.78, 5) is 0. The van der Waals surface area contributed by atoms with Gasteiger partial charge in [-0.2, -0.15) is 0 Å². The number of hydrogen-bond donors (Lipinski definition) is 2. The van der Waals surface area contributed by atoms with E-state index in [2.05, 4.69) is 57.3 Å². The van der Waals surface area contributed by atoms with Gasteiger partial charge in [0.2, 0.25) is 0 Å². The number of aliphatic hydroxyl groups excluding tert-OH is 1. The maximum absolute atomic E-state index is 9.34. The van der Waals surface area contributed by atoms with Crippen molar-refractivity contribution in [1.29, 1.82) is 0 Å². The van der Waals surface area contributed by atoms with Crippen molar-refractivity contribution >= 4 is 0 Å². The quantitative estimate of drug-likeness (QED) is 0.778. The molecule has 2 nitrogen and oxygen atoms in total. The Hall–Kier alpha value is -0.860. The molecule has 102 valence electrons. The maximum atomic E-state index is 9.34. The SMILES string of the molecule is CCC(C)(CO)NCc1ccc(CC(C)C)cc1. The van der Waals surface area contributed by atoms with E-state index in [1.807, 2.05) is 0 Å². The molecule has 1 atom stereocenters. The molecule has 0 aliphatic rings. The van der Waals surface area contributed by atoms with Crippen molar-refractivity contribution in [3.63, 3.8) is 0 Å². The molecule has 1 aromatic carbocycles. The molecule has 0 aromatic heterocycles. The Kier molecular flexibility index (Phi) is 5.83. The summed E-state index contributed by atoms with van der Waals surface area (Å²) in [7, 11) is 0. The minimum atomic E-state index is -0.170. The van der Waals surface area contributed by atoms with Crippen LogP contribution in [0.4, 0.5) is 0 Å². The molecule has 1 rings (SSSR count). The predicted molar refractivity (Wildman–Crippen MR) is 77.6 cm³/mol. The topological polar surface area (TPSA) is 32.3 Å². The van der Waals surface area contributed by atoms with Gasteiger partial charge in [-0.3, -0.25) is 0 Å². The molecule has 0 aliphatic heterocycles. The fourth-order valence-corrected chi connectivity index (χ4v) is 1.87. The van der Waals surface area contributed by atoms with Crippen molar-refractivity contribution in [2.75, 3.05) is 6.61 Å². The van der Waals surface area contributed by atoms with Gasteiger partial charge in [-0.15, -0.1) is 0 Å². The zero-order chi connectivity index (χ0) is 13.6. The van der Waals surface area contributed by atoms with E-state index in [0.717, 1.165) is 19.4 Å². The van der Waals surface area contributed by atoms with Gasteiger partial charge in [0.15, 0.2) is 0 Å². The highest BCUT2D eigenvalue weighted by Crippen LogP contribution is 2.12. The monoisotopic (exact) mass is 249 g/mol. The first-order chi connectivity index (χ1) is 8.49. The Morgan fingerprint density at radius 1 is 1.17 bits per heavy atom. The zero-order valence-corrected chi connectivity index (χ0v) is 12.2. The van der Waals surface area contributed by atoms with Crippen LogP contribution in [-0.4, -0.2) is 17.3 Å². The third kappa shape index (κ3) is 4.79. The van der Waals surface area contributed by atoms with Crippen molar-refractivity contribution in [1.82, 2.24) is 5.32 Å². The van der Waals surface area contributed by atoms with Crippen LogP contribution in [0.25, 0.3) is 0 Å². The lowest BCUT2D eigenvalue weighted by atomic mass is 9.99. The molecule has 0 radical (unpaired) electrons. The molecule has 2 N–H and O–H groups in total. The molecule has 0 spiro atoms. The Balaban J connectivity index is 2.53. The number of rotatable bonds is 7. The maximum Gasteiger partial charge on any atom is 0.0610 e. The average molecular weight is 249 g/mol. The number of benzene rings is 1. The van der Waals surface area contributed by atoms with Crippen LogP contribution in [-0.2, 0) is 13.0 Å². The summed E-state index contributed by atoms with van der Waals surface area (Å²) in [6.07, 6.45) is 2.06. The summed E-state index contributed by atoms with van der Waals surface area (Å²) in [5, 5.41) is 12.8. The lowest BCUT2D eigenvalue weighted by Gasteiger charge is -2.27. The number of nitrogens with one attached hydrogen (secondary N) is 1. The molecule has 18 heavy (non-hydrogen) atoms. The standard InChI is InChI=1S/C16H27NO/c1-5-16(4,12-18)17-11-15-8-6-14(7-9-15)10-13(2)3/h6-9,13,17-18H,5,10-12H2,1-4H3. The van der Waals surface area contributed by atoms with E-state index in [4.69, 9.17) is 0 Å². The highest BCUT2D eigenvalue weighted by Gasteiger charge is 2.19. The van der Waals surface area contributed by atoms with Gasteiger partial charge in [-0.25, -0.2) is 0 Å². The van der Waals surface area contributed by atoms with Gasteiger partial charge in [-0.05, 0) is 36.8 Å². The second kappa shape index (κ2) is 6.91. The number of hydrogen-bond acceptors (Lipinski definition) is 2. The van der Waals surface area contributed by atoms with Crippen LogP contribution < -0.4 is 5.32 Å². The predicted octanol–water partition coefficient (Wildman–Crippen LogP) is 3.14. The minimum Gasteiger partial charge on any atom is -0.394 e. The summed E-state index contributed by atoms with van der Waals surface area (Å²) in [6.45, 7) is 9.61. The number of aliphatic hydroxyl groups is 1. The van der Waals surface area contributed by atoms with Gasteiger partial charge in [-0.1, -0.05) is 45.0 Å². The van der Waals surface area contributed by atoms with Gasteiger partial charge in [0.1, 0.15) is 0 Å². The second-order valence-corrected chi connectivity index (χ2v) is 5.84. The third-order valence-corrected chi connectivity index (χ3v) is 3.52. The summed E-state index contributed by atoms with van der Waals surface area (Å²) in [5.41, 5.74) is 2.50. The van der Waals surface area contributed by atoms with E-state index in [1.165, 1.54) is 11.1 Å². The first-order valence-corrected chi connectivity index (χ1v) is 6.93. The Bertz CT molecular complexity index is 339. The van der Waals surface area contributed by atoms with E-state index < -0.39 is 0 Å². The first-order valence-electron chi connectivity index (χ1n) is 6.93. The van der Waals surface area contributed by atoms with E-state index >= 15 is 0 Å². The van der Waals surface area contributed by atoms with E-state index in [9.17, 15) is 5.11 Å². The van der Waals surface area contributed by atoms with Crippen molar-refractivity contribution in [3.05, 3.63) is 35.4 Å². The van der Waals surface area contributed by atoms with Crippen molar-refractivity contribution in [2.24, 2.45) is 5.92 Å². The molecule has 0 fully saturated rings. The highest BCUT2D eigenvalue weighted by atomic mass is 16.3. The highest BCUT2D eigenvalue weighted by molar-refractivity contribution is 5.23. The summed E-state index contributed by atoms with van der Waals surface area (Å²) < 4.78 is 0. The van der Waals surface area contributed by atoms with E-state index in [1.54, 1.807) is 0 Å². The molecule has 0 amide bonds. The lowest BCUT2D eigenvalue weighted by Crippen LogP contribution is -2.44. The molecule has 1 unspecified atom stereocenters. The molecule has 0 saturated carbocycles. The normalized spacial score (nSPS) is 14.8. The molecule has 0 bridgehead atoms. The van der Waals surface area contributed by atoms with Crippen LogP contribution >= 0.6 is 0 Å². The van der Waals surface area contributed by atoms with Crippen molar-refractivity contribution in [3.8, 4) is 0 Å². The van der Waals surface area contributed by atoms with Crippen LogP contribution in [0.1, 0.15) is 45.2 Å². The van der Waals surface area contributed by atoms with Gasteiger partial charge in [0, 0.05) is 12.1 Å². The summed E-state index contributed by atoms with van der Waals surface area (Å²) in [6, 6.07) is 8.77. The van der Waals surface area contributed by atoms with E-state index in [-0.39, 0.29) is 12.1 Å². The molecular formula is C16H27NO. The molecule has 0 aliphatic carbocycles. The zero-order valence-electron chi connectivity index (χ0n) is 12.2. The first kappa shape index (κ1) is 15.2. The van der Waals surface area contributed by atoms with Gasteiger partial charge in [0.25, 0.3) is 0 Å². The molecular weight excluding hydrogens is 222 g/mol. The van der Waals surface area contributed by atoms with Gasteiger partial charge in [0.05, 0.1) is 6.61 Å². The van der Waals surface area contributed by atoms with Crippen molar-refractivity contribution in [2.45, 2.75) is 52.6 Å². The van der Waals surface area contributed by atoms with Crippen molar-refractivity contribution < 1.29 is 5.11 Å². The summed E-state index contributed by atoms with van der Waals surface area (Å²) >= 11 is 0. The fraction of sp³-hybridized carbons (Fsp3) is 0.625. The molecule has 1 aromatic rings. The van der Waals surface area contributed by atoms with Gasteiger partial charge < -0.3 is 10.4 Å².